The van der Waals surface area contributed by atoms with Gasteiger partial charge in [-0.1, -0.05) is 0 Å². The lowest BCUT2D eigenvalue weighted by Crippen LogP contribution is -2.11. The summed E-state index contributed by atoms with van der Waals surface area (Å²) >= 11 is 0. The van der Waals surface area contributed by atoms with Crippen molar-refractivity contribution in [2.45, 2.75) is 31.9 Å². The van der Waals surface area contributed by atoms with Gasteiger partial charge in [-0.25, -0.2) is 9.37 Å². The minimum absolute atomic E-state index is 0.311. The quantitative estimate of drug-likeness (QED) is 0.789. The molecule has 2 heterocycles. The molecular weight excluding hydrogens is 183 g/mol. The zero-order valence-electron chi connectivity index (χ0n) is 8.51. The summed E-state index contributed by atoms with van der Waals surface area (Å²) in [5, 5.41) is 3.23. The van der Waals surface area contributed by atoms with Crippen molar-refractivity contribution < 1.29 is 8.81 Å². The van der Waals surface area contributed by atoms with Gasteiger partial charge in [0, 0.05) is 12.5 Å². The molecule has 1 N–H and O–H groups in total. The van der Waals surface area contributed by atoms with Crippen LogP contribution in [0, 0.1) is 0 Å². The summed E-state index contributed by atoms with van der Waals surface area (Å²) in [6.07, 6.45) is 2.44. The lowest BCUT2D eigenvalue weighted by atomic mass is 10.1. The van der Waals surface area contributed by atoms with Gasteiger partial charge in [-0.05, 0) is 26.8 Å². The van der Waals surface area contributed by atoms with E-state index in [2.05, 4.69) is 10.3 Å². The van der Waals surface area contributed by atoms with Crippen LogP contribution < -0.4 is 5.32 Å². The maximum Gasteiger partial charge on any atom is 0.198 e. The van der Waals surface area contributed by atoms with Gasteiger partial charge in [0.05, 0.1) is 0 Å². The molecule has 0 amide bonds. The number of hydrogen-bond donors (Lipinski definition) is 1. The fourth-order valence-corrected chi connectivity index (χ4v) is 1.61. The van der Waals surface area contributed by atoms with E-state index in [4.69, 9.17) is 4.42 Å². The van der Waals surface area contributed by atoms with Crippen LogP contribution in [0.25, 0.3) is 0 Å². The molecule has 0 spiro atoms. The summed E-state index contributed by atoms with van der Waals surface area (Å²) in [5.74, 6) is 0.974. The number of hydrogen-bond acceptors (Lipinski definition) is 3. The molecule has 78 valence electrons. The molecule has 2 rings (SSSR count). The van der Waals surface area contributed by atoms with E-state index in [0.717, 1.165) is 19.5 Å². The minimum atomic E-state index is -1.41. The molecule has 4 heteroatoms. The largest absolute Gasteiger partial charge is 0.448 e. The predicted molar refractivity (Wildman–Crippen MR) is 50.9 cm³/mol. The Kier molecular flexibility index (Phi) is 2.31. The van der Waals surface area contributed by atoms with Crippen molar-refractivity contribution in [1.82, 2.24) is 10.3 Å². The van der Waals surface area contributed by atoms with E-state index in [1.807, 2.05) is 0 Å². The molecule has 1 unspecified atom stereocenters. The van der Waals surface area contributed by atoms with Crippen LogP contribution in [0.5, 0.6) is 0 Å². The summed E-state index contributed by atoms with van der Waals surface area (Å²) in [6.45, 7) is 4.84. The monoisotopic (exact) mass is 198 g/mol. The van der Waals surface area contributed by atoms with E-state index in [0.29, 0.717) is 17.5 Å². The van der Waals surface area contributed by atoms with Gasteiger partial charge in [0.1, 0.15) is 17.6 Å². The highest BCUT2D eigenvalue weighted by Crippen LogP contribution is 2.27. The van der Waals surface area contributed by atoms with Crippen LogP contribution in [0.2, 0.25) is 0 Å². The Bertz CT molecular complexity index is 310. The number of aromatic nitrogens is 1. The second kappa shape index (κ2) is 3.35. The third-order valence-electron chi connectivity index (χ3n) is 2.54. The standard InChI is InChI=1S/C10H15FN2O/c1-10(2,11)8-6-14-9(13-8)7-3-4-12-5-7/h6-7,12H,3-5H2,1-2H3. The Labute approximate surface area is 82.7 Å². The molecule has 1 saturated heterocycles. The third-order valence-corrected chi connectivity index (χ3v) is 2.54. The molecule has 1 aliphatic rings. The lowest BCUT2D eigenvalue weighted by molar-refractivity contribution is 0.214. The van der Waals surface area contributed by atoms with Gasteiger partial charge in [0.15, 0.2) is 5.89 Å². The van der Waals surface area contributed by atoms with Crippen LogP contribution in [-0.4, -0.2) is 18.1 Å². The predicted octanol–water partition coefficient (Wildman–Crippen LogP) is 1.96. The van der Waals surface area contributed by atoms with Gasteiger partial charge in [0.25, 0.3) is 0 Å². The molecule has 0 radical (unpaired) electrons. The second-order valence-electron chi connectivity index (χ2n) is 4.23. The van der Waals surface area contributed by atoms with Gasteiger partial charge >= 0.3 is 0 Å². The average molecular weight is 198 g/mol. The van der Waals surface area contributed by atoms with Crippen molar-refractivity contribution >= 4 is 0 Å². The van der Waals surface area contributed by atoms with Crippen LogP contribution in [0.15, 0.2) is 10.7 Å². The number of rotatable bonds is 2. The highest BCUT2D eigenvalue weighted by Gasteiger charge is 2.27. The SMILES string of the molecule is CC(C)(F)c1coc(C2CCNC2)n1. The molecular formula is C10H15FN2O. The number of oxazole rings is 1. The number of alkyl halides is 1. The van der Waals surface area contributed by atoms with E-state index >= 15 is 0 Å². The second-order valence-corrected chi connectivity index (χ2v) is 4.23. The summed E-state index contributed by atoms with van der Waals surface area (Å²) in [6, 6.07) is 0. The van der Waals surface area contributed by atoms with E-state index in [-0.39, 0.29) is 0 Å². The molecule has 3 nitrogen and oxygen atoms in total. The Morgan fingerprint density at radius 2 is 2.43 bits per heavy atom. The molecule has 1 fully saturated rings. The molecule has 1 aromatic heterocycles. The molecule has 0 aliphatic carbocycles. The topological polar surface area (TPSA) is 38.1 Å². The van der Waals surface area contributed by atoms with Gasteiger partial charge in [-0.3, -0.25) is 0 Å². The lowest BCUT2D eigenvalue weighted by Gasteiger charge is -2.08. The fraction of sp³-hybridized carbons (Fsp3) is 0.700. The zero-order chi connectivity index (χ0) is 10.2. The molecule has 14 heavy (non-hydrogen) atoms. The Morgan fingerprint density at radius 1 is 1.64 bits per heavy atom. The first-order valence-electron chi connectivity index (χ1n) is 4.93. The van der Waals surface area contributed by atoms with E-state index < -0.39 is 5.67 Å². The van der Waals surface area contributed by atoms with E-state index in [9.17, 15) is 4.39 Å². The first-order chi connectivity index (χ1) is 6.57. The summed E-state index contributed by atoms with van der Waals surface area (Å²) in [4.78, 5) is 4.18. The molecule has 1 aliphatic heterocycles. The summed E-state index contributed by atoms with van der Waals surface area (Å²) in [5.41, 5.74) is -1.02. The Hall–Kier alpha value is -0.900. The number of halogens is 1. The summed E-state index contributed by atoms with van der Waals surface area (Å²) < 4.78 is 18.8. The van der Waals surface area contributed by atoms with Crippen LogP contribution in [0.3, 0.4) is 0 Å². The van der Waals surface area contributed by atoms with Crippen molar-refractivity contribution in [2.75, 3.05) is 13.1 Å². The van der Waals surface area contributed by atoms with Crippen molar-refractivity contribution in [3.05, 3.63) is 17.8 Å². The highest BCUT2D eigenvalue weighted by molar-refractivity contribution is 5.09. The van der Waals surface area contributed by atoms with Gasteiger partial charge in [0.2, 0.25) is 0 Å². The summed E-state index contributed by atoms with van der Waals surface area (Å²) in [7, 11) is 0. The molecule has 1 aromatic rings. The molecule has 0 bridgehead atoms. The fourth-order valence-electron chi connectivity index (χ4n) is 1.61. The van der Waals surface area contributed by atoms with Crippen molar-refractivity contribution in [1.29, 1.82) is 0 Å². The van der Waals surface area contributed by atoms with E-state index in [1.165, 1.54) is 20.1 Å². The van der Waals surface area contributed by atoms with Gasteiger partial charge in [-0.2, -0.15) is 0 Å². The van der Waals surface area contributed by atoms with Crippen molar-refractivity contribution in [3.8, 4) is 0 Å². The average Bonchev–Trinajstić information content (AvgIpc) is 2.73. The Balaban J connectivity index is 2.17. The van der Waals surface area contributed by atoms with Crippen LogP contribution in [0.1, 0.15) is 37.8 Å². The molecule has 1 atom stereocenters. The normalized spacial score (nSPS) is 22.9. The number of nitrogens with zero attached hydrogens (tertiary/aromatic N) is 1. The minimum Gasteiger partial charge on any atom is -0.448 e. The maximum atomic E-state index is 13.5. The highest BCUT2D eigenvalue weighted by atomic mass is 19.1. The van der Waals surface area contributed by atoms with Crippen molar-refractivity contribution in [3.63, 3.8) is 0 Å². The third kappa shape index (κ3) is 1.80. The van der Waals surface area contributed by atoms with E-state index in [1.54, 1.807) is 0 Å². The van der Waals surface area contributed by atoms with Crippen LogP contribution in [0.4, 0.5) is 4.39 Å². The molecule has 0 aromatic carbocycles. The maximum absolute atomic E-state index is 13.5. The first kappa shape index (κ1) is 9.65. The Morgan fingerprint density at radius 3 is 2.93 bits per heavy atom. The van der Waals surface area contributed by atoms with Gasteiger partial charge < -0.3 is 9.73 Å². The van der Waals surface area contributed by atoms with Gasteiger partial charge in [-0.15, -0.1) is 0 Å². The first-order valence-corrected chi connectivity index (χ1v) is 4.93. The van der Waals surface area contributed by atoms with Crippen molar-refractivity contribution in [2.24, 2.45) is 0 Å². The molecule has 0 saturated carbocycles. The zero-order valence-corrected chi connectivity index (χ0v) is 8.51. The number of nitrogens with one attached hydrogen (secondary N) is 1. The van der Waals surface area contributed by atoms with Crippen LogP contribution in [-0.2, 0) is 5.67 Å². The van der Waals surface area contributed by atoms with Crippen LogP contribution >= 0.6 is 0 Å². The smallest absolute Gasteiger partial charge is 0.198 e.